The second-order valence-electron chi connectivity index (χ2n) is 8.02. The summed E-state index contributed by atoms with van der Waals surface area (Å²) in [6.07, 6.45) is 0.707. The Hall–Kier alpha value is -4.00. The summed E-state index contributed by atoms with van der Waals surface area (Å²) in [4.78, 5) is 24.2. The maximum Gasteiger partial charge on any atom is 0.312 e. The van der Waals surface area contributed by atoms with Gasteiger partial charge in [-0.3, -0.25) is 9.59 Å². The van der Waals surface area contributed by atoms with Crippen LogP contribution in [0.15, 0.2) is 54.6 Å². The number of Topliss-reactive ketones (excluding diaryl/α,β-unsaturated/α-hetero) is 1. The summed E-state index contributed by atoms with van der Waals surface area (Å²) in [7, 11) is 3.19. The van der Waals surface area contributed by atoms with Crippen LogP contribution in [0.3, 0.4) is 0 Å². The fourth-order valence-electron chi connectivity index (χ4n) is 4.11. The summed E-state index contributed by atoms with van der Waals surface area (Å²) in [5.74, 6) is 0.780. The highest BCUT2D eigenvalue weighted by molar-refractivity contribution is 5.98. The summed E-state index contributed by atoms with van der Waals surface area (Å²) in [5.41, 5.74) is 2.45. The van der Waals surface area contributed by atoms with Gasteiger partial charge in [-0.05, 0) is 54.4 Å². The number of phenolic OH excluding ortho intramolecular Hbond substituents is 1. The first kappa shape index (κ1) is 23.2. The summed E-state index contributed by atoms with van der Waals surface area (Å²) in [6.45, 7) is 1.79. The van der Waals surface area contributed by atoms with Crippen LogP contribution in [-0.2, 0) is 11.2 Å². The van der Waals surface area contributed by atoms with E-state index in [1.165, 1.54) is 13.0 Å². The van der Waals surface area contributed by atoms with Gasteiger partial charge in [-0.2, -0.15) is 0 Å². The molecule has 0 bridgehead atoms. The van der Waals surface area contributed by atoms with Gasteiger partial charge in [0.1, 0.15) is 17.2 Å². The number of rotatable bonds is 8. The van der Waals surface area contributed by atoms with Gasteiger partial charge in [0.25, 0.3) is 0 Å². The van der Waals surface area contributed by atoms with Crippen molar-refractivity contribution in [1.29, 1.82) is 0 Å². The maximum absolute atomic E-state index is 12.3. The number of ether oxygens (including phenoxy) is 4. The molecule has 0 aliphatic carbocycles. The van der Waals surface area contributed by atoms with E-state index in [0.29, 0.717) is 30.1 Å². The zero-order valence-corrected chi connectivity index (χ0v) is 19.3. The van der Waals surface area contributed by atoms with Crippen molar-refractivity contribution in [1.82, 2.24) is 0 Å². The van der Waals surface area contributed by atoms with Gasteiger partial charge >= 0.3 is 5.97 Å². The van der Waals surface area contributed by atoms with E-state index < -0.39 is 11.9 Å². The number of fused-ring (bicyclic) bond motifs is 1. The van der Waals surface area contributed by atoms with Crippen molar-refractivity contribution in [2.24, 2.45) is 0 Å². The summed E-state index contributed by atoms with van der Waals surface area (Å²) >= 11 is 0. The van der Waals surface area contributed by atoms with E-state index in [4.69, 9.17) is 18.9 Å². The number of phenols is 1. The maximum atomic E-state index is 12.3. The van der Waals surface area contributed by atoms with Gasteiger partial charge < -0.3 is 24.1 Å². The van der Waals surface area contributed by atoms with E-state index in [-0.39, 0.29) is 29.3 Å². The van der Waals surface area contributed by atoms with Crippen molar-refractivity contribution in [3.8, 4) is 28.7 Å². The van der Waals surface area contributed by atoms with Crippen LogP contribution in [0.2, 0.25) is 0 Å². The third-order valence-electron chi connectivity index (χ3n) is 5.90. The highest BCUT2D eigenvalue weighted by Crippen LogP contribution is 2.46. The third-order valence-corrected chi connectivity index (χ3v) is 5.90. The lowest BCUT2D eigenvalue weighted by molar-refractivity contribution is -0.135. The van der Waals surface area contributed by atoms with Gasteiger partial charge in [0.2, 0.25) is 0 Å². The van der Waals surface area contributed by atoms with E-state index in [9.17, 15) is 14.7 Å². The average molecular weight is 462 g/mol. The quantitative estimate of drug-likeness (QED) is 0.295. The topological polar surface area (TPSA) is 91.3 Å². The third kappa shape index (κ3) is 4.69. The first-order valence-electron chi connectivity index (χ1n) is 10.9. The molecule has 7 heteroatoms. The highest BCUT2D eigenvalue weighted by atomic mass is 16.5. The molecule has 0 saturated heterocycles. The monoisotopic (exact) mass is 462 g/mol. The van der Waals surface area contributed by atoms with E-state index >= 15 is 0 Å². The summed E-state index contributed by atoms with van der Waals surface area (Å²) in [6, 6.07) is 16.2. The minimum atomic E-state index is -0.495. The smallest absolute Gasteiger partial charge is 0.312 e. The molecule has 0 saturated carbocycles. The zero-order chi connectivity index (χ0) is 24.2. The largest absolute Gasteiger partial charge is 0.507 e. The number of hydrogen-bond acceptors (Lipinski definition) is 7. The number of esters is 1. The minimum Gasteiger partial charge on any atom is -0.507 e. The van der Waals surface area contributed by atoms with Crippen LogP contribution in [0.5, 0.6) is 28.7 Å². The van der Waals surface area contributed by atoms with Gasteiger partial charge in [-0.15, -0.1) is 0 Å². The predicted molar refractivity (Wildman–Crippen MR) is 125 cm³/mol. The van der Waals surface area contributed by atoms with Crippen molar-refractivity contribution >= 4 is 11.8 Å². The molecule has 1 aliphatic heterocycles. The van der Waals surface area contributed by atoms with Crippen molar-refractivity contribution in [3.05, 3.63) is 76.9 Å². The molecule has 0 amide bonds. The zero-order valence-electron chi connectivity index (χ0n) is 19.3. The second kappa shape index (κ2) is 9.87. The number of ketones is 1. The molecule has 4 rings (SSSR count). The molecule has 1 heterocycles. The van der Waals surface area contributed by atoms with Crippen molar-refractivity contribution in [2.75, 3.05) is 20.8 Å². The Morgan fingerprint density at radius 2 is 1.79 bits per heavy atom. The Bertz CT molecular complexity index is 1210. The number of carbonyl (C=O) groups is 2. The van der Waals surface area contributed by atoms with Crippen LogP contribution in [0.25, 0.3) is 0 Å². The fourth-order valence-corrected chi connectivity index (χ4v) is 4.11. The van der Waals surface area contributed by atoms with Crippen molar-refractivity contribution in [3.63, 3.8) is 0 Å². The predicted octanol–water partition coefficient (Wildman–Crippen LogP) is 4.67. The Morgan fingerprint density at radius 3 is 2.47 bits per heavy atom. The van der Waals surface area contributed by atoms with Crippen LogP contribution in [-0.4, -0.2) is 37.7 Å². The van der Waals surface area contributed by atoms with Gasteiger partial charge in [-0.25, -0.2) is 0 Å². The molecule has 0 radical (unpaired) electrons. The number of carbonyl (C=O) groups excluding carboxylic acids is 2. The van der Waals surface area contributed by atoms with Gasteiger partial charge in [-0.1, -0.05) is 18.2 Å². The summed E-state index contributed by atoms with van der Waals surface area (Å²) in [5, 5.41) is 10.8. The van der Waals surface area contributed by atoms with E-state index in [1.807, 2.05) is 30.3 Å². The Kier molecular flexibility index (Phi) is 6.72. The minimum absolute atomic E-state index is 0.0273. The Morgan fingerprint density at radius 1 is 1.03 bits per heavy atom. The lowest BCUT2D eigenvalue weighted by atomic mass is 9.84. The molecule has 176 valence electrons. The number of aromatic hydroxyl groups is 1. The summed E-state index contributed by atoms with van der Waals surface area (Å²) < 4.78 is 22.0. The molecular formula is C27H26O7. The van der Waals surface area contributed by atoms with Crippen molar-refractivity contribution < 1.29 is 33.6 Å². The molecule has 0 aromatic heterocycles. The molecule has 0 spiro atoms. The fraction of sp³-hybridized carbons (Fsp3) is 0.259. The number of benzene rings is 3. The molecule has 34 heavy (non-hydrogen) atoms. The van der Waals surface area contributed by atoms with E-state index in [0.717, 1.165) is 16.9 Å². The lowest BCUT2D eigenvalue weighted by Crippen LogP contribution is -2.21. The van der Waals surface area contributed by atoms with Crippen LogP contribution < -0.4 is 18.9 Å². The lowest BCUT2D eigenvalue weighted by Gasteiger charge is -2.27. The van der Waals surface area contributed by atoms with E-state index in [2.05, 4.69) is 0 Å². The second-order valence-corrected chi connectivity index (χ2v) is 8.02. The molecular weight excluding hydrogens is 436 g/mol. The molecule has 7 nitrogen and oxygen atoms in total. The SMILES string of the molecule is COc1ccc(CCOc2cc([C@@H]3CC(=O)Oc4ccc(C(C)=O)c(O)c43)ccc2OC)cc1. The Labute approximate surface area is 197 Å². The average Bonchev–Trinajstić information content (AvgIpc) is 2.83. The van der Waals surface area contributed by atoms with Crippen LogP contribution in [0.4, 0.5) is 0 Å². The molecule has 3 aromatic rings. The van der Waals surface area contributed by atoms with Crippen molar-refractivity contribution in [2.45, 2.75) is 25.7 Å². The number of methoxy groups -OCH3 is 2. The van der Waals surface area contributed by atoms with Crippen LogP contribution in [0, 0.1) is 0 Å². The molecule has 0 unspecified atom stereocenters. The van der Waals surface area contributed by atoms with Gasteiger partial charge in [0.05, 0.1) is 32.8 Å². The number of hydrogen-bond donors (Lipinski definition) is 1. The first-order chi connectivity index (χ1) is 16.4. The molecule has 1 N–H and O–H groups in total. The molecule has 0 fully saturated rings. The first-order valence-corrected chi connectivity index (χ1v) is 10.9. The van der Waals surface area contributed by atoms with Gasteiger partial charge in [0.15, 0.2) is 17.3 Å². The molecule has 1 aliphatic rings. The van der Waals surface area contributed by atoms with Crippen LogP contribution >= 0.6 is 0 Å². The van der Waals surface area contributed by atoms with Crippen LogP contribution in [0.1, 0.15) is 46.3 Å². The van der Waals surface area contributed by atoms with Gasteiger partial charge in [0, 0.05) is 17.9 Å². The highest BCUT2D eigenvalue weighted by Gasteiger charge is 2.33. The standard InChI is InChI=1S/C27H26O7/c1-16(28)20-9-11-23-26(27(20)30)21(15-25(29)34-23)18-6-10-22(32-3)24(14-18)33-13-12-17-4-7-19(31-2)8-5-17/h4-11,14,21,30H,12-13,15H2,1-3H3/t21-/m0/s1. The Balaban J connectivity index is 1.62. The normalized spacial score (nSPS) is 14.7. The van der Waals surface area contributed by atoms with E-state index in [1.54, 1.807) is 32.4 Å². The molecule has 3 aromatic carbocycles. The molecule has 1 atom stereocenters.